The maximum atomic E-state index is 4.40. The monoisotopic (exact) mass is 231 g/mol. The predicted octanol–water partition coefficient (Wildman–Crippen LogP) is 1.28. The van der Waals surface area contributed by atoms with Gasteiger partial charge < -0.3 is 10.6 Å². The van der Waals surface area contributed by atoms with Crippen LogP contribution < -0.4 is 10.6 Å². The second kappa shape index (κ2) is 4.71. The van der Waals surface area contributed by atoms with Crippen molar-refractivity contribution in [3.05, 3.63) is 24.4 Å². The first kappa shape index (κ1) is 10.5. The smallest absolute Gasteiger partial charge is 0.243 e. The summed E-state index contributed by atoms with van der Waals surface area (Å²) in [6.07, 6.45) is 5.64. The third kappa shape index (κ3) is 2.39. The van der Waals surface area contributed by atoms with Crippen LogP contribution in [0.4, 0.5) is 5.95 Å². The van der Waals surface area contributed by atoms with Gasteiger partial charge in [0.2, 0.25) is 5.95 Å². The molecule has 0 aromatic carbocycles. The number of anilines is 1. The van der Waals surface area contributed by atoms with Gasteiger partial charge in [0, 0.05) is 18.8 Å². The van der Waals surface area contributed by atoms with Gasteiger partial charge in [-0.25, -0.2) is 4.52 Å². The number of pyridine rings is 1. The lowest BCUT2D eigenvalue weighted by atomic mass is 10.2. The molecule has 1 saturated heterocycles. The average molecular weight is 231 g/mol. The average Bonchev–Trinajstić information content (AvgIpc) is 2.96. The minimum atomic E-state index is 0.666. The van der Waals surface area contributed by atoms with Crippen molar-refractivity contribution in [1.29, 1.82) is 0 Å². The molecule has 0 radical (unpaired) electrons. The summed E-state index contributed by atoms with van der Waals surface area (Å²) in [5.74, 6) is 0.717. The predicted molar refractivity (Wildman–Crippen MR) is 67.1 cm³/mol. The van der Waals surface area contributed by atoms with Crippen LogP contribution in [0.15, 0.2) is 24.4 Å². The molecule has 17 heavy (non-hydrogen) atoms. The molecule has 3 rings (SSSR count). The standard InChI is InChI=1S/C12H17N5/c1-2-9-17-11(5-1)15-12(16-17)14-8-6-10-4-3-7-13-10/h1-2,5,9-10,13H,3-4,6-8H2,(H,14,16)/t10-/m0/s1. The van der Waals surface area contributed by atoms with Crippen molar-refractivity contribution >= 4 is 11.6 Å². The molecule has 0 bridgehead atoms. The van der Waals surface area contributed by atoms with E-state index < -0.39 is 0 Å². The number of aromatic nitrogens is 3. The molecule has 90 valence electrons. The van der Waals surface area contributed by atoms with Crippen molar-refractivity contribution in [2.24, 2.45) is 0 Å². The summed E-state index contributed by atoms with van der Waals surface area (Å²) in [6, 6.07) is 6.54. The zero-order chi connectivity index (χ0) is 11.5. The molecule has 1 aliphatic rings. The Morgan fingerprint density at radius 3 is 3.29 bits per heavy atom. The molecule has 5 nitrogen and oxygen atoms in total. The van der Waals surface area contributed by atoms with Gasteiger partial charge in [-0.15, -0.1) is 5.10 Å². The van der Waals surface area contributed by atoms with Crippen molar-refractivity contribution in [1.82, 2.24) is 19.9 Å². The van der Waals surface area contributed by atoms with Crippen LogP contribution in [-0.4, -0.2) is 33.7 Å². The number of nitrogens with zero attached hydrogens (tertiary/aromatic N) is 3. The molecule has 5 heteroatoms. The van der Waals surface area contributed by atoms with Crippen molar-refractivity contribution in [2.45, 2.75) is 25.3 Å². The van der Waals surface area contributed by atoms with E-state index in [1.165, 1.54) is 12.8 Å². The van der Waals surface area contributed by atoms with Crippen LogP contribution in [-0.2, 0) is 0 Å². The lowest BCUT2D eigenvalue weighted by Gasteiger charge is -2.09. The van der Waals surface area contributed by atoms with Crippen LogP contribution in [0.1, 0.15) is 19.3 Å². The summed E-state index contributed by atoms with van der Waals surface area (Å²) < 4.78 is 1.79. The summed E-state index contributed by atoms with van der Waals surface area (Å²) in [5.41, 5.74) is 0.883. The van der Waals surface area contributed by atoms with Crippen molar-refractivity contribution < 1.29 is 0 Å². The second-order valence-corrected chi connectivity index (χ2v) is 4.45. The molecule has 2 N–H and O–H groups in total. The first-order valence-corrected chi connectivity index (χ1v) is 6.20. The first-order chi connectivity index (χ1) is 8.42. The zero-order valence-electron chi connectivity index (χ0n) is 9.76. The Morgan fingerprint density at radius 1 is 1.47 bits per heavy atom. The summed E-state index contributed by atoms with van der Waals surface area (Å²) in [6.45, 7) is 2.09. The summed E-state index contributed by atoms with van der Waals surface area (Å²) in [7, 11) is 0. The van der Waals surface area contributed by atoms with Crippen LogP contribution in [0.5, 0.6) is 0 Å². The molecule has 0 amide bonds. The van der Waals surface area contributed by atoms with Gasteiger partial charge in [0.25, 0.3) is 0 Å². The molecule has 2 aromatic heterocycles. The van der Waals surface area contributed by atoms with Gasteiger partial charge in [-0.1, -0.05) is 6.07 Å². The molecular formula is C12H17N5. The van der Waals surface area contributed by atoms with E-state index in [9.17, 15) is 0 Å². The van der Waals surface area contributed by atoms with Gasteiger partial charge in [-0.2, -0.15) is 4.98 Å². The Kier molecular flexibility index (Phi) is 2.92. The van der Waals surface area contributed by atoms with E-state index in [2.05, 4.69) is 20.7 Å². The van der Waals surface area contributed by atoms with E-state index in [0.717, 1.165) is 25.2 Å². The van der Waals surface area contributed by atoms with E-state index in [1.807, 2.05) is 24.4 Å². The van der Waals surface area contributed by atoms with Crippen molar-refractivity contribution in [2.75, 3.05) is 18.4 Å². The normalized spacial score (nSPS) is 19.9. The summed E-state index contributed by atoms with van der Waals surface area (Å²) in [5, 5.41) is 11.1. The number of hydrogen-bond donors (Lipinski definition) is 2. The maximum Gasteiger partial charge on any atom is 0.243 e. The van der Waals surface area contributed by atoms with E-state index in [4.69, 9.17) is 0 Å². The number of nitrogens with one attached hydrogen (secondary N) is 2. The molecule has 0 spiro atoms. The largest absolute Gasteiger partial charge is 0.353 e. The van der Waals surface area contributed by atoms with Gasteiger partial charge in [-0.3, -0.25) is 0 Å². The van der Waals surface area contributed by atoms with Gasteiger partial charge >= 0.3 is 0 Å². The first-order valence-electron chi connectivity index (χ1n) is 6.20. The Bertz CT molecular complexity index is 453. The Morgan fingerprint density at radius 2 is 2.47 bits per heavy atom. The van der Waals surface area contributed by atoms with Gasteiger partial charge in [-0.05, 0) is 37.9 Å². The highest BCUT2D eigenvalue weighted by Crippen LogP contribution is 2.09. The Labute approximate surface area is 100 Å². The van der Waals surface area contributed by atoms with Crippen molar-refractivity contribution in [3.63, 3.8) is 0 Å². The fourth-order valence-electron chi connectivity index (χ4n) is 2.27. The van der Waals surface area contributed by atoms with E-state index in [1.54, 1.807) is 4.52 Å². The fourth-order valence-corrected chi connectivity index (χ4v) is 2.27. The lowest BCUT2D eigenvalue weighted by molar-refractivity contribution is 0.573. The minimum absolute atomic E-state index is 0.666. The van der Waals surface area contributed by atoms with Crippen LogP contribution in [0, 0.1) is 0 Å². The second-order valence-electron chi connectivity index (χ2n) is 4.45. The molecule has 0 unspecified atom stereocenters. The third-order valence-corrected chi connectivity index (χ3v) is 3.18. The maximum absolute atomic E-state index is 4.40. The SMILES string of the molecule is c1ccn2nc(NCC[C@@H]3CCCN3)nc2c1. The summed E-state index contributed by atoms with van der Waals surface area (Å²) in [4.78, 5) is 4.40. The van der Waals surface area contributed by atoms with Gasteiger partial charge in [0.1, 0.15) is 0 Å². The zero-order valence-corrected chi connectivity index (χ0v) is 9.76. The third-order valence-electron chi connectivity index (χ3n) is 3.18. The van der Waals surface area contributed by atoms with Crippen LogP contribution in [0.25, 0.3) is 5.65 Å². The summed E-state index contributed by atoms with van der Waals surface area (Å²) >= 11 is 0. The molecule has 0 aliphatic carbocycles. The molecule has 1 atom stereocenters. The highest BCUT2D eigenvalue weighted by atomic mass is 15.3. The molecule has 1 fully saturated rings. The minimum Gasteiger partial charge on any atom is -0.353 e. The number of fused-ring (bicyclic) bond motifs is 1. The molecule has 2 aromatic rings. The lowest BCUT2D eigenvalue weighted by Crippen LogP contribution is -2.24. The van der Waals surface area contributed by atoms with Gasteiger partial charge in [0.15, 0.2) is 5.65 Å². The number of rotatable bonds is 4. The van der Waals surface area contributed by atoms with Crippen LogP contribution in [0.2, 0.25) is 0 Å². The molecule has 3 heterocycles. The van der Waals surface area contributed by atoms with E-state index in [-0.39, 0.29) is 0 Å². The van der Waals surface area contributed by atoms with Crippen molar-refractivity contribution in [3.8, 4) is 0 Å². The Hall–Kier alpha value is -1.62. The quantitative estimate of drug-likeness (QED) is 0.832. The molecule has 1 aliphatic heterocycles. The van der Waals surface area contributed by atoms with Crippen LogP contribution >= 0.6 is 0 Å². The fraction of sp³-hybridized carbons (Fsp3) is 0.500. The van der Waals surface area contributed by atoms with Crippen LogP contribution in [0.3, 0.4) is 0 Å². The Balaban J connectivity index is 1.57. The van der Waals surface area contributed by atoms with E-state index in [0.29, 0.717) is 12.0 Å². The number of hydrogen-bond acceptors (Lipinski definition) is 4. The molecular weight excluding hydrogens is 214 g/mol. The van der Waals surface area contributed by atoms with Gasteiger partial charge in [0.05, 0.1) is 0 Å². The highest BCUT2D eigenvalue weighted by molar-refractivity contribution is 5.42. The van der Waals surface area contributed by atoms with E-state index >= 15 is 0 Å². The topological polar surface area (TPSA) is 54.2 Å². The molecule has 0 saturated carbocycles. The highest BCUT2D eigenvalue weighted by Gasteiger charge is 2.13.